The van der Waals surface area contributed by atoms with E-state index in [1.165, 1.54) is 0 Å². The molecule has 1 aliphatic rings. The minimum absolute atomic E-state index is 0.160. The molecule has 3 N–H and O–H groups in total. The summed E-state index contributed by atoms with van der Waals surface area (Å²) < 4.78 is 1.32. The van der Waals surface area contributed by atoms with Gasteiger partial charge in [0, 0.05) is 16.1 Å². The predicted molar refractivity (Wildman–Crippen MR) is 106 cm³/mol. The fourth-order valence-electron chi connectivity index (χ4n) is 3.04. The van der Waals surface area contributed by atoms with Gasteiger partial charge in [0.2, 0.25) is 0 Å². The molecule has 1 aromatic heterocycles. The van der Waals surface area contributed by atoms with Crippen LogP contribution in [-0.2, 0) is 0 Å². The number of hydrogen-bond acceptors (Lipinski definition) is 3. The maximum absolute atomic E-state index is 12.5. The van der Waals surface area contributed by atoms with E-state index in [9.17, 15) is 4.79 Å². The molecule has 6 heteroatoms. The van der Waals surface area contributed by atoms with Crippen molar-refractivity contribution in [2.75, 3.05) is 5.32 Å². The number of fused-ring (bicyclic) bond motifs is 1. The standard InChI is InChI=1S/C19H14BrN3OS/c20-13-8-6-12(7-9-13)15-10-14(11-4-2-1-3-5-11)16-17(21-15)22-19(25)23-18(16)24/h1-10,14H,(H3,21,22,23,24,25). The Morgan fingerprint density at radius 3 is 2.40 bits per heavy atom. The Hall–Kier alpha value is -2.44. The summed E-state index contributed by atoms with van der Waals surface area (Å²) in [6.07, 6.45) is 2.08. The number of hydrogen-bond donors (Lipinski definition) is 3. The smallest absolute Gasteiger partial charge is 0.257 e. The molecule has 0 saturated heterocycles. The molecule has 0 fully saturated rings. The molecule has 0 amide bonds. The molecule has 1 atom stereocenters. The van der Waals surface area contributed by atoms with E-state index >= 15 is 0 Å². The third-order valence-electron chi connectivity index (χ3n) is 4.20. The van der Waals surface area contributed by atoms with E-state index in [0.29, 0.717) is 16.2 Å². The van der Waals surface area contributed by atoms with Gasteiger partial charge in [-0.1, -0.05) is 58.4 Å². The molecule has 4 rings (SSSR count). The lowest BCUT2D eigenvalue weighted by molar-refractivity contribution is 0.930. The van der Waals surface area contributed by atoms with Crippen LogP contribution >= 0.6 is 28.1 Å². The zero-order valence-electron chi connectivity index (χ0n) is 13.0. The van der Waals surface area contributed by atoms with E-state index in [4.69, 9.17) is 12.2 Å². The van der Waals surface area contributed by atoms with Crippen LogP contribution in [0.1, 0.15) is 22.6 Å². The first-order chi connectivity index (χ1) is 12.1. The van der Waals surface area contributed by atoms with Gasteiger partial charge in [-0.2, -0.15) is 0 Å². The lowest BCUT2D eigenvalue weighted by Gasteiger charge is -2.25. The highest BCUT2D eigenvalue weighted by atomic mass is 79.9. The van der Waals surface area contributed by atoms with E-state index in [0.717, 1.165) is 21.3 Å². The first kappa shape index (κ1) is 16.1. The van der Waals surface area contributed by atoms with Crippen molar-refractivity contribution in [2.45, 2.75) is 5.92 Å². The maximum atomic E-state index is 12.5. The SMILES string of the molecule is O=c1[nH]c(=S)[nH]c2c1C(c1ccccc1)C=C(c1ccc(Br)cc1)N2. The number of aromatic nitrogens is 2. The van der Waals surface area contributed by atoms with Gasteiger partial charge in [-0.25, -0.2) is 0 Å². The summed E-state index contributed by atoms with van der Waals surface area (Å²) in [7, 11) is 0. The van der Waals surface area contributed by atoms with Gasteiger partial charge in [-0.05, 0) is 41.6 Å². The number of aromatic amines is 2. The lowest BCUT2D eigenvalue weighted by Crippen LogP contribution is -2.24. The van der Waals surface area contributed by atoms with Crippen molar-refractivity contribution < 1.29 is 0 Å². The van der Waals surface area contributed by atoms with Gasteiger partial charge < -0.3 is 10.3 Å². The Morgan fingerprint density at radius 1 is 0.960 bits per heavy atom. The summed E-state index contributed by atoms with van der Waals surface area (Å²) in [4.78, 5) is 18.3. The monoisotopic (exact) mass is 411 g/mol. The molecular formula is C19H14BrN3OS. The molecule has 2 heterocycles. The van der Waals surface area contributed by atoms with Crippen LogP contribution in [0.15, 0.2) is 69.9 Å². The average Bonchev–Trinajstić information content (AvgIpc) is 2.62. The first-order valence-corrected chi connectivity index (χ1v) is 8.98. The van der Waals surface area contributed by atoms with E-state index in [2.05, 4.69) is 37.3 Å². The number of rotatable bonds is 2. The summed E-state index contributed by atoms with van der Waals surface area (Å²) >= 11 is 8.59. The Bertz CT molecular complexity index is 1070. The molecule has 0 saturated carbocycles. The molecule has 4 nitrogen and oxygen atoms in total. The second-order valence-corrected chi connectivity index (χ2v) is 7.12. The second-order valence-electron chi connectivity index (χ2n) is 5.80. The van der Waals surface area contributed by atoms with Crippen molar-refractivity contribution in [1.29, 1.82) is 0 Å². The molecule has 124 valence electrons. The summed E-state index contributed by atoms with van der Waals surface area (Å²) in [5, 5.41) is 3.32. The Morgan fingerprint density at radius 2 is 1.68 bits per heavy atom. The van der Waals surface area contributed by atoms with Crippen LogP contribution in [0.4, 0.5) is 5.82 Å². The third kappa shape index (κ3) is 3.10. The van der Waals surface area contributed by atoms with Gasteiger partial charge in [0.1, 0.15) is 5.82 Å². The van der Waals surface area contributed by atoms with E-state index in [1.807, 2.05) is 54.6 Å². The molecule has 2 aromatic carbocycles. The fraction of sp³-hybridized carbons (Fsp3) is 0.0526. The highest BCUT2D eigenvalue weighted by Gasteiger charge is 2.25. The molecule has 0 bridgehead atoms. The maximum Gasteiger partial charge on any atom is 0.257 e. The third-order valence-corrected chi connectivity index (χ3v) is 4.93. The summed E-state index contributed by atoms with van der Waals surface area (Å²) in [5.41, 5.74) is 3.49. The topological polar surface area (TPSA) is 60.7 Å². The zero-order chi connectivity index (χ0) is 17.4. The molecule has 0 spiro atoms. The van der Waals surface area contributed by atoms with E-state index < -0.39 is 0 Å². The van der Waals surface area contributed by atoms with Crippen LogP contribution in [0.25, 0.3) is 5.70 Å². The van der Waals surface area contributed by atoms with Gasteiger partial charge in [0.25, 0.3) is 5.56 Å². The first-order valence-electron chi connectivity index (χ1n) is 7.78. The molecule has 1 unspecified atom stereocenters. The highest BCUT2D eigenvalue weighted by Crippen LogP contribution is 2.36. The van der Waals surface area contributed by atoms with Crippen LogP contribution in [-0.4, -0.2) is 9.97 Å². The number of halogens is 1. The van der Waals surface area contributed by atoms with Crippen molar-refractivity contribution in [2.24, 2.45) is 0 Å². The molecule has 0 radical (unpaired) electrons. The van der Waals surface area contributed by atoms with Crippen LogP contribution < -0.4 is 10.9 Å². The minimum atomic E-state index is -0.175. The summed E-state index contributed by atoms with van der Waals surface area (Å²) in [5.74, 6) is 0.481. The highest BCUT2D eigenvalue weighted by molar-refractivity contribution is 9.10. The van der Waals surface area contributed by atoms with Crippen molar-refractivity contribution in [3.8, 4) is 0 Å². The summed E-state index contributed by atoms with van der Waals surface area (Å²) in [6.45, 7) is 0. The van der Waals surface area contributed by atoms with Crippen LogP contribution in [0.5, 0.6) is 0 Å². The number of benzene rings is 2. The number of anilines is 1. The largest absolute Gasteiger partial charge is 0.341 e. The van der Waals surface area contributed by atoms with Gasteiger partial charge >= 0.3 is 0 Å². The Labute approximate surface area is 157 Å². The average molecular weight is 412 g/mol. The van der Waals surface area contributed by atoms with Crippen LogP contribution in [0.3, 0.4) is 0 Å². The van der Waals surface area contributed by atoms with Crippen molar-refractivity contribution in [1.82, 2.24) is 9.97 Å². The predicted octanol–water partition coefficient (Wildman–Crippen LogP) is 4.79. The van der Waals surface area contributed by atoms with Crippen molar-refractivity contribution >= 4 is 39.7 Å². The second kappa shape index (κ2) is 6.46. The quantitative estimate of drug-likeness (QED) is 0.531. The Balaban J connectivity index is 1.92. The van der Waals surface area contributed by atoms with Crippen LogP contribution in [0.2, 0.25) is 0 Å². The van der Waals surface area contributed by atoms with Gasteiger partial charge in [0.05, 0.1) is 5.56 Å². The molecule has 0 aliphatic carbocycles. The van der Waals surface area contributed by atoms with Gasteiger partial charge in [0.15, 0.2) is 4.77 Å². The summed E-state index contributed by atoms with van der Waals surface area (Å²) in [6, 6.07) is 18.0. The number of nitrogens with one attached hydrogen (secondary N) is 3. The fourth-order valence-corrected chi connectivity index (χ4v) is 3.50. The van der Waals surface area contributed by atoms with E-state index in [1.54, 1.807) is 0 Å². The van der Waals surface area contributed by atoms with Crippen molar-refractivity contribution in [3.63, 3.8) is 0 Å². The molecule has 1 aliphatic heterocycles. The Kier molecular flexibility index (Phi) is 4.15. The van der Waals surface area contributed by atoms with Crippen LogP contribution in [0, 0.1) is 4.77 Å². The molecule has 25 heavy (non-hydrogen) atoms. The molecular weight excluding hydrogens is 398 g/mol. The lowest BCUT2D eigenvalue weighted by atomic mass is 9.88. The van der Waals surface area contributed by atoms with E-state index in [-0.39, 0.29) is 11.5 Å². The van der Waals surface area contributed by atoms with Gasteiger partial charge in [-0.3, -0.25) is 9.78 Å². The van der Waals surface area contributed by atoms with Gasteiger partial charge in [-0.15, -0.1) is 0 Å². The molecule has 3 aromatic rings. The zero-order valence-corrected chi connectivity index (χ0v) is 15.4. The minimum Gasteiger partial charge on any atom is -0.341 e. The number of H-pyrrole nitrogens is 2. The van der Waals surface area contributed by atoms with Crippen molar-refractivity contribution in [3.05, 3.63) is 97.0 Å². The normalized spacial score (nSPS) is 15.9. The number of allylic oxidation sites excluding steroid dienone is 1.